The summed E-state index contributed by atoms with van der Waals surface area (Å²) in [6, 6.07) is 27.3. The van der Waals surface area contributed by atoms with Crippen molar-refractivity contribution < 1.29 is 9.53 Å². The van der Waals surface area contributed by atoms with Gasteiger partial charge in [-0.05, 0) is 29.8 Å². The van der Waals surface area contributed by atoms with Crippen LogP contribution in [0, 0.1) is 0 Å². The molecule has 5 nitrogen and oxygen atoms in total. The Kier molecular flexibility index (Phi) is 7.92. The normalized spacial score (nSPS) is 11.1. The van der Waals surface area contributed by atoms with E-state index in [-0.39, 0.29) is 11.7 Å². The number of hydrogen-bond acceptors (Lipinski definition) is 4. The molecular formula is C24H25N3O2S. The summed E-state index contributed by atoms with van der Waals surface area (Å²) in [5.41, 5.74) is 2.69. The Bertz CT molecular complexity index is 978. The van der Waals surface area contributed by atoms with Gasteiger partial charge in [0.25, 0.3) is 0 Å². The quantitative estimate of drug-likeness (QED) is 0.423. The molecule has 3 aromatic rings. The second-order valence-corrected chi connectivity index (χ2v) is 7.55. The number of amidine groups is 1. The zero-order chi connectivity index (χ0) is 21.2. The Labute approximate surface area is 181 Å². The van der Waals surface area contributed by atoms with E-state index in [0.717, 1.165) is 10.9 Å². The van der Waals surface area contributed by atoms with Gasteiger partial charge in [0, 0.05) is 13.6 Å². The lowest BCUT2D eigenvalue weighted by Gasteiger charge is -2.21. The summed E-state index contributed by atoms with van der Waals surface area (Å²) >= 11 is 1.41. The minimum absolute atomic E-state index is 0.113. The monoisotopic (exact) mass is 419 g/mol. The van der Waals surface area contributed by atoms with Crippen LogP contribution in [0.3, 0.4) is 0 Å². The molecule has 0 aromatic heterocycles. The summed E-state index contributed by atoms with van der Waals surface area (Å²) in [5.74, 6) is 0.761. The lowest BCUT2D eigenvalue weighted by molar-refractivity contribution is -0.113. The minimum Gasteiger partial charge on any atom is -0.495 e. The second-order valence-electron chi connectivity index (χ2n) is 6.61. The molecule has 154 valence electrons. The van der Waals surface area contributed by atoms with Gasteiger partial charge in [-0.25, -0.2) is 4.99 Å². The van der Waals surface area contributed by atoms with Crippen LogP contribution in [0.1, 0.15) is 5.56 Å². The van der Waals surface area contributed by atoms with E-state index in [1.165, 1.54) is 17.3 Å². The number of para-hydroxylation sites is 3. The van der Waals surface area contributed by atoms with Gasteiger partial charge in [-0.3, -0.25) is 4.79 Å². The number of nitrogens with one attached hydrogen (secondary N) is 1. The maximum atomic E-state index is 12.6. The molecule has 0 heterocycles. The molecule has 0 aliphatic rings. The summed E-state index contributed by atoms with van der Waals surface area (Å²) in [4.78, 5) is 19.4. The fourth-order valence-corrected chi connectivity index (χ4v) is 3.62. The molecular weight excluding hydrogens is 394 g/mol. The summed E-state index contributed by atoms with van der Waals surface area (Å²) in [7, 11) is 3.57. The topological polar surface area (TPSA) is 53.9 Å². The molecule has 0 spiro atoms. The van der Waals surface area contributed by atoms with Gasteiger partial charge >= 0.3 is 0 Å². The van der Waals surface area contributed by atoms with Crippen LogP contribution in [0.2, 0.25) is 0 Å². The number of methoxy groups -OCH3 is 1. The number of thioether (sulfide) groups is 1. The first kappa shape index (κ1) is 21.5. The maximum Gasteiger partial charge on any atom is 0.234 e. The molecule has 3 rings (SSSR count). The second kappa shape index (κ2) is 11.1. The molecule has 0 saturated heterocycles. The third-order valence-corrected chi connectivity index (χ3v) is 5.35. The molecule has 3 aromatic carbocycles. The highest BCUT2D eigenvalue weighted by atomic mass is 32.2. The maximum absolute atomic E-state index is 12.6. The van der Waals surface area contributed by atoms with Crippen molar-refractivity contribution in [1.29, 1.82) is 0 Å². The first-order valence-electron chi connectivity index (χ1n) is 9.60. The Balaban J connectivity index is 1.70. The van der Waals surface area contributed by atoms with E-state index in [9.17, 15) is 4.79 Å². The predicted molar refractivity (Wildman–Crippen MR) is 126 cm³/mol. The van der Waals surface area contributed by atoms with Crippen molar-refractivity contribution >= 4 is 34.2 Å². The molecule has 30 heavy (non-hydrogen) atoms. The smallest absolute Gasteiger partial charge is 0.234 e. The van der Waals surface area contributed by atoms with Crippen LogP contribution >= 0.6 is 11.8 Å². The van der Waals surface area contributed by atoms with Crippen LogP contribution in [0.15, 0.2) is 89.9 Å². The summed E-state index contributed by atoms with van der Waals surface area (Å²) in [6.07, 6.45) is 0. The number of ether oxygens (including phenoxy) is 1. The van der Waals surface area contributed by atoms with Crippen LogP contribution in [0.5, 0.6) is 5.75 Å². The van der Waals surface area contributed by atoms with Gasteiger partial charge in [0.05, 0.1) is 24.2 Å². The number of carbonyl (C=O) groups excluding carboxylic acids is 1. The van der Waals surface area contributed by atoms with Crippen molar-refractivity contribution in [1.82, 2.24) is 4.90 Å². The van der Waals surface area contributed by atoms with E-state index >= 15 is 0 Å². The Morgan fingerprint density at radius 2 is 1.60 bits per heavy atom. The van der Waals surface area contributed by atoms with E-state index in [1.807, 2.05) is 79.8 Å². The minimum atomic E-state index is -0.113. The van der Waals surface area contributed by atoms with Crippen molar-refractivity contribution in [3.63, 3.8) is 0 Å². The third kappa shape index (κ3) is 6.39. The standard InChI is InChI=1S/C24H25N3O2S/c1-27(17-19-11-5-3-6-12-19)24(25-20-13-7-4-8-14-20)30-18-23(28)26-21-15-9-10-16-22(21)29-2/h3-16H,17-18H2,1-2H3,(H,26,28). The van der Waals surface area contributed by atoms with E-state index in [4.69, 9.17) is 9.73 Å². The molecule has 1 amide bonds. The summed E-state index contributed by atoms with van der Waals surface area (Å²) in [5, 5.41) is 3.69. The zero-order valence-electron chi connectivity index (χ0n) is 17.1. The molecule has 0 aliphatic carbocycles. The van der Waals surface area contributed by atoms with E-state index in [1.54, 1.807) is 7.11 Å². The van der Waals surface area contributed by atoms with Crippen LogP contribution in [0.25, 0.3) is 0 Å². The lowest BCUT2D eigenvalue weighted by Crippen LogP contribution is -2.26. The van der Waals surface area contributed by atoms with Crippen LogP contribution < -0.4 is 10.1 Å². The average molecular weight is 420 g/mol. The van der Waals surface area contributed by atoms with Crippen molar-refractivity contribution in [2.45, 2.75) is 6.54 Å². The van der Waals surface area contributed by atoms with Gasteiger partial charge in [0.1, 0.15) is 5.75 Å². The number of amides is 1. The number of hydrogen-bond donors (Lipinski definition) is 1. The largest absolute Gasteiger partial charge is 0.495 e. The van der Waals surface area contributed by atoms with Crippen LogP contribution in [-0.4, -0.2) is 35.9 Å². The Morgan fingerprint density at radius 3 is 2.30 bits per heavy atom. The number of benzene rings is 3. The summed E-state index contributed by atoms with van der Waals surface area (Å²) in [6.45, 7) is 0.702. The fraction of sp³-hybridized carbons (Fsp3) is 0.167. The van der Waals surface area contributed by atoms with Gasteiger partial charge in [-0.15, -0.1) is 0 Å². The van der Waals surface area contributed by atoms with E-state index in [0.29, 0.717) is 18.0 Å². The average Bonchev–Trinajstić information content (AvgIpc) is 2.78. The van der Waals surface area contributed by atoms with Crippen LogP contribution in [0.4, 0.5) is 11.4 Å². The van der Waals surface area contributed by atoms with Crippen molar-refractivity contribution in [3.05, 3.63) is 90.5 Å². The third-order valence-electron chi connectivity index (χ3n) is 4.28. The van der Waals surface area contributed by atoms with Crippen molar-refractivity contribution in [2.75, 3.05) is 25.2 Å². The molecule has 0 atom stereocenters. The summed E-state index contributed by atoms with van der Waals surface area (Å²) < 4.78 is 5.30. The van der Waals surface area contributed by atoms with Crippen molar-refractivity contribution in [2.24, 2.45) is 4.99 Å². The van der Waals surface area contributed by atoms with Gasteiger partial charge in [0.2, 0.25) is 5.91 Å². The highest BCUT2D eigenvalue weighted by Crippen LogP contribution is 2.24. The molecule has 0 aliphatic heterocycles. The Hall–Kier alpha value is -3.25. The molecule has 0 saturated carbocycles. The zero-order valence-corrected chi connectivity index (χ0v) is 17.9. The molecule has 0 fully saturated rings. The number of carbonyl (C=O) groups is 1. The number of rotatable bonds is 7. The van der Waals surface area contributed by atoms with Gasteiger partial charge < -0.3 is 15.0 Å². The SMILES string of the molecule is COc1ccccc1NC(=O)CSC(=Nc1ccccc1)N(C)Cc1ccccc1. The van der Waals surface area contributed by atoms with Crippen LogP contribution in [-0.2, 0) is 11.3 Å². The van der Waals surface area contributed by atoms with Gasteiger partial charge in [-0.1, -0.05) is 72.4 Å². The number of nitrogens with zero attached hydrogens (tertiary/aromatic N) is 2. The fourth-order valence-electron chi connectivity index (χ4n) is 2.83. The van der Waals surface area contributed by atoms with E-state index in [2.05, 4.69) is 22.3 Å². The first-order valence-corrected chi connectivity index (χ1v) is 10.6. The molecule has 6 heteroatoms. The lowest BCUT2D eigenvalue weighted by atomic mass is 10.2. The van der Waals surface area contributed by atoms with Gasteiger partial charge in [-0.2, -0.15) is 0 Å². The molecule has 0 bridgehead atoms. The molecule has 0 radical (unpaired) electrons. The van der Waals surface area contributed by atoms with E-state index < -0.39 is 0 Å². The molecule has 0 unspecified atom stereocenters. The van der Waals surface area contributed by atoms with Crippen molar-refractivity contribution in [3.8, 4) is 5.75 Å². The van der Waals surface area contributed by atoms with Gasteiger partial charge in [0.15, 0.2) is 5.17 Å². The number of aliphatic imine (C=N–C) groups is 1. The first-order chi connectivity index (χ1) is 14.7. The predicted octanol–water partition coefficient (Wildman–Crippen LogP) is 5.19. The highest BCUT2D eigenvalue weighted by Gasteiger charge is 2.13. The Morgan fingerprint density at radius 1 is 0.967 bits per heavy atom. The highest BCUT2D eigenvalue weighted by molar-refractivity contribution is 8.14. The molecule has 1 N–H and O–H groups in total. The number of anilines is 1.